The fraction of sp³-hybridized carbons (Fsp3) is 0.0588. The Hall–Kier alpha value is -3.13. The van der Waals surface area contributed by atoms with Crippen molar-refractivity contribution in [3.8, 4) is 5.75 Å². The largest absolute Gasteiger partial charge is 0.497 e. The van der Waals surface area contributed by atoms with Gasteiger partial charge in [0.2, 0.25) is 0 Å². The lowest BCUT2D eigenvalue weighted by atomic mass is 10.2. The Morgan fingerprint density at radius 3 is 2.68 bits per heavy atom. The van der Waals surface area contributed by atoms with Crippen LogP contribution < -0.4 is 10.1 Å². The number of nitrogens with one attached hydrogen (secondary N) is 1. The second-order valence-corrected chi connectivity index (χ2v) is 6.06. The molecule has 0 aliphatic carbocycles. The number of amidine groups is 1. The second-order valence-electron chi connectivity index (χ2n) is 5.03. The third-order valence-corrected chi connectivity index (χ3v) is 4.24. The number of non-ortho nitro benzene ring substituents is 1. The number of rotatable bonds is 4. The van der Waals surface area contributed by atoms with Gasteiger partial charge in [-0.05, 0) is 47.7 Å². The zero-order chi connectivity index (χ0) is 17.8. The lowest BCUT2D eigenvalue weighted by molar-refractivity contribution is -0.384. The summed E-state index contributed by atoms with van der Waals surface area (Å²) in [6, 6.07) is 13.2. The van der Waals surface area contributed by atoms with E-state index in [1.165, 1.54) is 23.9 Å². The molecule has 0 bridgehead atoms. The van der Waals surface area contributed by atoms with Crippen molar-refractivity contribution in [2.24, 2.45) is 4.99 Å². The average Bonchev–Trinajstić information content (AvgIpc) is 2.95. The molecule has 1 amide bonds. The van der Waals surface area contributed by atoms with Gasteiger partial charge in [0.05, 0.1) is 22.6 Å². The zero-order valence-corrected chi connectivity index (χ0v) is 13.9. The number of carbonyl (C=O) groups is 1. The normalized spacial score (nSPS) is 16.9. The van der Waals surface area contributed by atoms with Gasteiger partial charge in [-0.25, -0.2) is 4.99 Å². The van der Waals surface area contributed by atoms with Crippen LogP contribution in [0.1, 0.15) is 5.56 Å². The third kappa shape index (κ3) is 4.04. The number of nitro groups is 1. The van der Waals surface area contributed by atoms with Crippen molar-refractivity contribution in [3.05, 3.63) is 69.1 Å². The molecule has 1 heterocycles. The smallest absolute Gasteiger partial charge is 0.270 e. The number of methoxy groups -OCH3 is 1. The quantitative estimate of drug-likeness (QED) is 0.515. The highest BCUT2D eigenvalue weighted by molar-refractivity contribution is 8.18. The summed E-state index contributed by atoms with van der Waals surface area (Å²) in [4.78, 5) is 27.2. The summed E-state index contributed by atoms with van der Waals surface area (Å²) in [6.07, 6.45) is 1.60. The molecule has 2 aromatic carbocycles. The number of hydrogen-bond donors (Lipinski definition) is 1. The molecule has 25 heavy (non-hydrogen) atoms. The third-order valence-electron chi connectivity index (χ3n) is 3.33. The number of carbonyl (C=O) groups excluding carboxylic acids is 1. The Balaban J connectivity index is 1.80. The van der Waals surface area contributed by atoms with Crippen LogP contribution in [0.2, 0.25) is 0 Å². The summed E-state index contributed by atoms with van der Waals surface area (Å²) < 4.78 is 5.09. The minimum absolute atomic E-state index is 0.0233. The molecule has 2 aromatic rings. The first kappa shape index (κ1) is 16.7. The van der Waals surface area contributed by atoms with E-state index in [1.807, 2.05) is 0 Å². The lowest BCUT2D eigenvalue weighted by Gasteiger charge is -1.99. The van der Waals surface area contributed by atoms with Crippen molar-refractivity contribution in [2.45, 2.75) is 0 Å². The van der Waals surface area contributed by atoms with Crippen LogP contribution in [0, 0.1) is 10.1 Å². The molecule has 0 atom stereocenters. The molecule has 1 fully saturated rings. The molecule has 0 aromatic heterocycles. The standard InChI is InChI=1S/C17H13N3O4S/c1-24-14-7-5-12(6-8-14)18-17-19-16(21)15(25-17)10-11-3-2-4-13(9-11)20(22)23/h2-10H,1H3,(H,18,19,21)/b15-10+. The first-order chi connectivity index (χ1) is 12.0. The van der Waals surface area contributed by atoms with E-state index < -0.39 is 4.92 Å². The van der Waals surface area contributed by atoms with Gasteiger partial charge in [-0.3, -0.25) is 14.9 Å². The van der Waals surface area contributed by atoms with Gasteiger partial charge in [0.15, 0.2) is 5.17 Å². The Labute approximate surface area is 147 Å². The van der Waals surface area contributed by atoms with Crippen LogP contribution in [0.25, 0.3) is 6.08 Å². The maximum absolute atomic E-state index is 12.1. The topological polar surface area (TPSA) is 93.8 Å². The van der Waals surface area contributed by atoms with E-state index in [9.17, 15) is 14.9 Å². The van der Waals surface area contributed by atoms with Gasteiger partial charge < -0.3 is 10.1 Å². The average molecular weight is 355 g/mol. The van der Waals surface area contributed by atoms with E-state index in [4.69, 9.17) is 4.74 Å². The van der Waals surface area contributed by atoms with Crippen LogP contribution in [0.15, 0.2) is 58.4 Å². The Morgan fingerprint density at radius 1 is 1.24 bits per heavy atom. The Kier molecular flexibility index (Phi) is 4.80. The zero-order valence-electron chi connectivity index (χ0n) is 13.1. The maximum Gasteiger partial charge on any atom is 0.270 e. The highest BCUT2D eigenvalue weighted by Crippen LogP contribution is 2.29. The van der Waals surface area contributed by atoms with Gasteiger partial charge >= 0.3 is 0 Å². The molecule has 0 radical (unpaired) electrons. The van der Waals surface area contributed by atoms with Crippen LogP contribution in [0.5, 0.6) is 5.75 Å². The summed E-state index contributed by atoms with van der Waals surface area (Å²) in [5.74, 6) is 0.432. The number of thioether (sulfide) groups is 1. The second kappa shape index (κ2) is 7.18. The lowest BCUT2D eigenvalue weighted by Crippen LogP contribution is -2.19. The Bertz CT molecular complexity index is 891. The predicted molar refractivity (Wildman–Crippen MR) is 96.9 cm³/mol. The predicted octanol–water partition coefficient (Wildman–Crippen LogP) is 3.50. The van der Waals surface area contributed by atoms with E-state index >= 15 is 0 Å². The number of ether oxygens (including phenoxy) is 1. The van der Waals surface area contributed by atoms with Gasteiger partial charge in [0.1, 0.15) is 5.75 Å². The summed E-state index contributed by atoms with van der Waals surface area (Å²) in [5.41, 5.74) is 1.24. The molecule has 1 aliphatic rings. The van der Waals surface area contributed by atoms with E-state index in [0.717, 1.165) is 5.75 Å². The molecule has 1 N–H and O–H groups in total. The number of amides is 1. The van der Waals surface area contributed by atoms with Gasteiger partial charge in [-0.2, -0.15) is 0 Å². The van der Waals surface area contributed by atoms with Crippen molar-refractivity contribution in [3.63, 3.8) is 0 Å². The molecule has 3 rings (SSSR count). The molecule has 8 heteroatoms. The number of nitrogens with zero attached hydrogens (tertiary/aromatic N) is 2. The minimum Gasteiger partial charge on any atom is -0.497 e. The molecule has 0 spiro atoms. The van der Waals surface area contributed by atoms with Crippen molar-refractivity contribution in [1.82, 2.24) is 5.32 Å². The van der Waals surface area contributed by atoms with E-state index in [2.05, 4.69) is 10.3 Å². The van der Waals surface area contributed by atoms with E-state index in [-0.39, 0.29) is 11.6 Å². The highest BCUT2D eigenvalue weighted by Gasteiger charge is 2.24. The summed E-state index contributed by atoms with van der Waals surface area (Å²) in [7, 11) is 1.58. The fourth-order valence-corrected chi connectivity index (χ4v) is 2.98. The number of hydrogen-bond acceptors (Lipinski definition) is 6. The monoisotopic (exact) mass is 355 g/mol. The SMILES string of the molecule is COc1ccc(N=C2NC(=O)/C(=C\c3cccc([N+](=O)[O-])c3)S2)cc1. The first-order valence-corrected chi connectivity index (χ1v) is 8.05. The fourth-order valence-electron chi connectivity index (χ4n) is 2.13. The molecule has 7 nitrogen and oxygen atoms in total. The van der Waals surface area contributed by atoms with Crippen LogP contribution in [0.4, 0.5) is 11.4 Å². The van der Waals surface area contributed by atoms with E-state index in [1.54, 1.807) is 49.6 Å². The van der Waals surface area contributed by atoms with Crippen molar-refractivity contribution in [2.75, 3.05) is 7.11 Å². The summed E-state index contributed by atoms with van der Waals surface area (Å²) in [6.45, 7) is 0. The van der Waals surface area contributed by atoms with Crippen molar-refractivity contribution in [1.29, 1.82) is 0 Å². The van der Waals surface area contributed by atoms with Crippen LogP contribution in [-0.2, 0) is 4.79 Å². The summed E-state index contributed by atoms with van der Waals surface area (Å²) >= 11 is 1.18. The van der Waals surface area contributed by atoms with Crippen LogP contribution in [-0.4, -0.2) is 23.1 Å². The first-order valence-electron chi connectivity index (χ1n) is 7.23. The number of nitro benzene ring substituents is 1. The molecular weight excluding hydrogens is 342 g/mol. The van der Waals surface area contributed by atoms with Crippen molar-refractivity contribution < 1.29 is 14.5 Å². The number of aliphatic imine (C=N–C) groups is 1. The Morgan fingerprint density at radius 2 is 2.00 bits per heavy atom. The van der Waals surface area contributed by atoms with Gasteiger partial charge in [0, 0.05) is 12.1 Å². The van der Waals surface area contributed by atoms with Crippen LogP contribution in [0.3, 0.4) is 0 Å². The molecule has 1 saturated heterocycles. The molecular formula is C17H13N3O4S. The van der Waals surface area contributed by atoms with E-state index in [0.29, 0.717) is 21.3 Å². The molecule has 0 saturated carbocycles. The van der Waals surface area contributed by atoms with Crippen molar-refractivity contribution >= 4 is 40.3 Å². The molecule has 126 valence electrons. The number of benzene rings is 2. The minimum atomic E-state index is -0.472. The van der Waals surface area contributed by atoms with Gasteiger partial charge in [-0.1, -0.05) is 12.1 Å². The van der Waals surface area contributed by atoms with Gasteiger partial charge in [0.25, 0.3) is 11.6 Å². The van der Waals surface area contributed by atoms with Crippen LogP contribution >= 0.6 is 11.8 Å². The molecule has 0 unspecified atom stereocenters. The van der Waals surface area contributed by atoms with Gasteiger partial charge in [-0.15, -0.1) is 0 Å². The summed E-state index contributed by atoms with van der Waals surface area (Å²) in [5, 5.41) is 14.0. The highest BCUT2D eigenvalue weighted by atomic mass is 32.2. The molecule has 1 aliphatic heterocycles. The maximum atomic E-state index is 12.1.